The highest BCUT2D eigenvalue weighted by Gasteiger charge is 2.29. The average Bonchev–Trinajstić information content (AvgIpc) is 3.27. The highest BCUT2D eigenvalue weighted by Crippen LogP contribution is 2.50. The summed E-state index contributed by atoms with van der Waals surface area (Å²) in [6.45, 7) is 16.9. The van der Waals surface area contributed by atoms with Gasteiger partial charge in [-0.1, -0.05) is 180 Å². The molecule has 0 saturated heterocycles. The Bertz CT molecular complexity index is 1960. The first kappa shape index (κ1) is 49.2. The predicted octanol–water partition coefficient (Wildman–Crippen LogP) is 16.6. The van der Waals surface area contributed by atoms with Gasteiger partial charge in [-0.15, -0.1) is 0 Å². The van der Waals surface area contributed by atoms with E-state index in [0.29, 0.717) is 39.6 Å². The first-order valence-corrected chi connectivity index (χ1v) is 25.7. The Hall–Kier alpha value is -3.80. The second kappa shape index (κ2) is 28.1. The lowest BCUT2D eigenvalue weighted by molar-refractivity contribution is 0.287. The third kappa shape index (κ3) is 13.1. The van der Waals surface area contributed by atoms with Crippen molar-refractivity contribution in [1.82, 2.24) is 0 Å². The molecule has 5 rings (SSSR count). The van der Waals surface area contributed by atoms with Gasteiger partial charge in [0, 0.05) is 31.6 Å². The van der Waals surface area contributed by atoms with Gasteiger partial charge in [0.2, 0.25) is 0 Å². The Morgan fingerprint density at radius 3 is 0.871 bits per heavy atom. The molecule has 0 bridgehead atoms. The molecule has 62 heavy (non-hydrogen) atoms. The smallest absolute Gasteiger partial charge is 0.139 e. The number of hydrogen-bond acceptors (Lipinski definition) is 6. The summed E-state index contributed by atoms with van der Waals surface area (Å²) in [6, 6.07) is 12.8. The number of benzene rings is 4. The van der Waals surface area contributed by atoms with E-state index in [1.54, 1.807) is 0 Å². The summed E-state index contributed by atoms with van der Waals surface area (Å²) < 4.78 is 41.3. The van der Waals surface area contributed by atoms with Crippen LogP contribution in [0.15, 0.2) is 36.4 Å². The molecule has 0 spiro atoms. The van der Waals surface area contributed by atoms with E-state index in [9.17, 15) is 0 Å². The van der Waals surface area contributed by atoms with Crippen molar-refractivity contribution in [3.8, 4) is 34.5 Å². The fourth-order valence-corrected chi connectivity index (χ4v) is 9.14. The molecule has 4 aromatic rings. The van der Waals surface area contributed by atoms with E-state index in [0.717, 1.165) is 128 Å². The van der Waals surface area contributed by atoms with Crippen LogP contribution in [0.2, 0.25) is 0 Å². The predicted molar refractivity (Wildman–Crippen MR) is 261 cm³/mol. The lowest BCUT2D eigenvalue weighted by Gasteiger charge is -2.25. The standard InChI is InChI=1S/C56H84O6/c1-7-13-17-21-25-29-39-59-53-43-35-33-37-45(57-11-5)47(43)55(61-41-31-27-23-19-15-9-3)51-49(53)50-52(51)56(62-42-32-28-24-20-16-10-4)48-44(36-34-38-46(48)58-12-6)54(50)60-40-30-26-22-18-14-8-2/h33-38H,7-32,39-42H2,1-6H3. The largest absolute Gasteiger partial charge is 0.493 e. The molecule has 0 amide bonds. The van der Waals surface area contributed by atoms with Crippen molar-refractivity contribution in [2.75, 3.05) is 39.6 Å². The van der Waals surface area contributed by atoms with E-state index in [1.807, 2.05) is 0 Å². The van der Waals surface area contributed by atoms with E-state index in [4.69, 9.17) is 28.4 Å². The van der Waals surface area contributed by atoms with Gasteiger partial charge in [0.1, 0.15) is 34.5 Å². The van der Waals surface area contributed by atoms with Gasteiger partial charge in [-0.25, -0.2) is 0 Å². The lowest BCUT2D eigenvalue weighted by Crippen LogP contribution is -2.11. The van der Waals surface area contributed by atoms with E-state index in [1.165, 1.54) is 103 Å². The topological polar surface area (TPSA) is 55.4 Å². The second-order valence-electron chi connectivity index (χ2n) is 17.5. The zero-order valence-corrected chi connectivity index (χ0v) is 40.1. The molecule has 4 aromatic carbocycles. The number of fused-ring (bicyclic) bond motifs is 4. The van der Waals surface area contributed by atoms with E-state index in [2.05, 4.69) is 77.9 Å². The molecule has 0 aromatic heterocycles. The normalized spacial score (nSPS) is 11.7. The molecule has 0 saturated carbocycles. The van der Waals surface area contributed by atoms with Crippen LogP contribution in [0.4, 0.5) is 0 Å². The molecule has 0 unspecified atom stereocenters. The van der Waals surface area contributed by atoms with Crippen LogP contribution in [0, 0.1) is 20.9 Å². The quantitative estimate of drug-likeness (QED) is 0.0374. The molecular formula is C56H84O6. The molecule has 0 atom stereocenters. The zero-order valence-electron chi connectivity index (χ0n) is 40.1. The van der Waals surface area contributed by atoms with Crippen molar-refractivity contribution in [1.29, 1.82) is 0 Å². The number of unbranched alkanes of at least 4 members (excludes halogenated alkanes) is 20. The van der Waals surface area contributed by atoms with E-state index < -0.39 is 0 Å². The molecule has 6 heteroatoms. The Morgan fingerprint density at radius 1 is 0.290 bits per heavy atom. The van der Waals surface area contributed by atoms with Crippen molar-refractivity contribution < 1.29 is 28.4 Å². The van der Waals surface area contributed by atoms with E-state index in [-0.39, 0.29) is 0 Å². The van der Waals surface area contributed by atoms with Crippen molar-refractivity contribution >= 4 is 21.5 Å². The van der Waals surface area contributed by atoms with E-state index >= 15 is 0 Å². The van der Waals surface area contributed by atoms with Crippen LogP contribution >= 0.6 is 0 Å². The van der Waals surface area contributed by atoms with Gasteiger partial charge >= 0.3 is 0 Å². The van der Waals surface area contributed by atoms with Crippen molar-refractivity contribution in [3.05, 3.63) is 57.3 Å². The van der Waals surface area contributed by atoms with Crippen LogP contribution in [-0.2, 0) is 0 Å². The van der Waals surface area contributed by atoms with Crippen LogP contribution in [0.3, 0.4) is 0 Å². The Labute approximate surface area is 375 Å². The summed E-state index contributed by atoms with van der Waals surface area (Å²) in [5, 5.41) is 8.30. The molecule has 1 aliphatic rings. The maximum absolute atomic E-state index is 7.12. The SMILES string of the molecule is CCCCCCCCOc1c2c(c(OCCCCCCCC)c3c(OCC)cccc13)=c1c(OCCCCCCCC)c3c(OCC)cccc3c(OCCCCCCCC)c1=2. The van der Waals surface area contributed by atoms with Gasteiger partial charge in [0.05, 0.1) is 50.4 Å². The van der Waals surface area contributed by atoms with Gasteiger partial charge < -0.3 is 28.4 Å². The van der Waals surface area contributed by atoms with Crippen LogP contribution < -0.4 is 28.4 Å². The van der Waals surface area contributed by atoms with Crippen molar-refractivity contribution in [2.24, 2.45) is 0 Å². The van der Waals surface area contributed by atoms with Crippen molar-refractivity contribution in [2.45, 2.75) is 196 Å². The number of ether oxygens (including phenoxy) is 6. The summed E-state index contributed by atoms with van der Waals surface area (Å²) >= 11 is 0. The second-order valence-corrected chi connectivity index (χ2v) is 17.5. The van der Waals surface area contributed by atoms with Crippen LogP contribution in [-0.4, -0.2) is 39.6 Å². The summed E-state index contributed by atoms with van der Waals surface area (Å²) in [6.07, 6.45) is 28.8. The van der Waals surface area contributed by atoms with Crippen LogP contribution in [0.1, 0.15) is 196 Å². The zero-order chi connectivity index (χ0) is 43.8. The summed E-state index contributed by atoms with van der Waals surface area (Å²) in [5.41, 5.74) is 0. The molecular weight excluding hydrogens is 769 g/mol. The summed E-state index contributed by atoms with van der Waals surface area (Å²) in [5.74, 6) is 5.19. The molecule has 0 fully saturated rings. The van der Waals surface area contributed by atoms with Gasteiger partial charge in [-0.2, -0.15) is 0 Å². The van der Waals surface area contributed by atoms with Crippen LogP contribution in [0.5, 0.6) is 34.5 Å². The Morgan fingerprint density at radius 2 is 0.565 bits per heavy atom. The number of hydrogen-bond donors (Lipinski definition) is 0. The fourth-order valence-electron chi connectivity index (χ4n) is 9.14. The Balaban J connectivity index is 1.77. The third-order valence-electron chi connectivity index (χ3n) is 12.5. The average molecular weight is 853 g/mol. The molecule has 6 nitrogen and oxygen atoms in total. The molecule has 0 N–H and O–H groups in total. The lowest BCUT2D eigenvalue weighted by atomic mass is 9.90. The minimum Gasteiger partial charge on any atom is -0.493 e. The highest BCUT2D eigenvalue weighted by molar-refractivity contribution is 6.02. The number of rotatable bonds is 36. The third-order valence-corrected chi connectivity index (χ3v) is 12.5. The highest BCUT2D eigenvalue weighted by atomic mass is 16.5. The summed E-state index contributed by atoms with van der Waals surface area (Å²) in [4.78, 5) is 0. The fraction of sp³-hybridized carbons (Fsp3) is 0.643. The molecule has 344 valence electrons. The van der Waals surface area contributed by atoms with Gasteiger partial charge in [0.15, 0.2) is 0 Å². The monoisotopic (exact) mass is 853 g/mol. The van der Waals surface area contributed by atoms with Gasteiger partial charge in [-0.3, -0.25) is 0 Å². The minimum atomic E-state index is 0.559. The maximum Gasteiger partial charge on any atom is 0.139 e. The molecule has 0 heterocycles. The minimum absolute atomic E-state index is 0.559. The molecule has 0 aliphatic heterocycles. The van der Waals surface area contributed by atoms with Crippen LogP contribution in [0.25, 0.3) is 21.5 Å². The first-order valence-electron chi connectivity index (χ1n) is 25.7. The maximum atomic E-state index is 7.12. The first-order chi connectivity index (χ1) is 30.7. The van der Waals surface area contributed by atoms with Gasteiger partial charge in [0.25, 0.3) is 0 Å². The Kier molecular flexibility index (Phi) is 22.3. The molecule has 1 aliphatic carbocycles. The van der Waals surface area contributed by atoms with Crippen molar-refractivity contribution in [3.63, 3.8) is 0 Å². The summed E-state index contributed by atoms with van der Waals surface area (Å²) in [7, 11) is 0. The molecule has 0 radical (unpaired) electrons. The van der Waals surface area contributed by atoms with Gasteiger partial charge in [-0.05, 0) is 51.7 Å².